The van der Waals surface area contributed by atoms with Gasteiger partial charge in [0.15, 0.2) is 0 Å². The maximum absolute atomic E-state index is 3.29. The van der Waals surface area contributed by atoms with Gasteiger partial charge < -0.3 is 0 Å². The van der Waals surface area contributed by atoms with Crippen molar-refractivity contribution in [2.24, 2.45) is 0 Å². The largest absolute Gasteiger partial charge is 0.251 e. The van der Waals surface area contributed by atoms with Crippen molar-refractivity contribution < 1.29 is 0 Å². The van der Waals surface area contributed by atoms with Crippen LogP contribution in [0.1, 0.15) is 24.5 Å². The van der Waals surface area contributed by atoms with Crippen LogP contribution in [0, 0.1) is 0 Å². The van der Waals surface area contributed by atoms with Crippen molar-refractivity contribution >= 4 is 0 Å². The van der Waals surface area contributed by atoms with E-state index in [1.54, 1.807) is 0 Å². The van der Waals surface area contributed by atoms with Crippen molar-refractivity contribution in [2.45, 2.75) is 26.3 Å². The first-order valence-electron chi connectivity index (χ1n) is 5.21. The molecule has 0 radical (unpaired) electrons. The fourth-order valence-corrected chi connectivity index (χ4v) is 1.49. The average molecular weight is 192 g/mol. The van der Waals surface area contributed by atoms with E-state index in [4.69, 9.17) is 0 Å². The van der Waals surface area contributed by atoms with Crippen molar-refractivity contribution in [3.63, 3.8) is 0 Å². The van der Waals surface area contributed by atoms with Gasteiger partial charge in [-0.3, -0.25) is 10.4 Å². The van der Waals surface area contributed by atoms with Crippen molar-refractivity contribution in [3.8, 4) is 0 Å². The molecule has 0 saturated carbocycles. The second kappa shape index (κ2) is 5.78. The van der Waals surface area contributed by atoms with E-state index in [1.807, 2.05) is 19.1 Å². The van der Waals surface area contributed by atoms with Crippen LogP contribution in [0.5, 0.6) is 0 Å². The van der Waals surface area contributed by atoms with Crippen LogP contribution in [-0.4, -0.2) is 19.1 Å². The van der Waals surface area contributed by atoms with Crippen molar-refractivity contribution in [2.75, 3.05) is 14.1 Å². The Morgan fingerprint density at radius 3 is 2.36 bits per heavy atom. The molecule has 0 spiro atoms. The highest BCUT2D eigenvalue weighted by Crippen LogP contribution is 2.10. The standard InChI is InChI=1S/C12H20N2/c1-4-7-11-8-5-6-9-12(11)10-13-14(2)3/h5-6,8-9,13H,4,7,10H2,1-3H3. The zero-order valence-electron chi connectivity index (χ0n) is 9.38. The topological polar surface area (TPSA) is 15.3 Å². The van der Waals surface area contributed by atoms with Gasteiger partial charge in [0.2, 0.25) is 0 Å². The van der Waals surface area contributed by atoms with E-state index in [1.165, 1.54) is 24.0 Å². The maximum Gasteiger partial charge on any atom is 0.0355 e. The molecule has 0 bridgehead atoms. The SMILES string of the molecule is CCCc1ccccc1CNN(C)C. The summed E-state index contributed by atoms with van der Waals surface area (Å²) in [6.45, 7) is 3.14. The lowest BCUT2D eigenvalue weighted by molar-refractivity contribution is 0.285. The zero-order valence-corrected chi connectivity index (χ0v) is 9.38. The van der Waals surface area contributed by atoms with Crippen molar-refractivity contribution in [1.82, 2.24) is 10.4 Å². The molecular formula is C12H20N2. The quantitative estimate of drug-likeness (QED) is 0.720. The third-order valence-electron chi connectivity index (χ3n) is 2.22. The van der Waals surface area contributed by atoms with Gasteiger partial charge in [0.1, 0.15) is 0 Å². The number of aryl methyl sites for hydroxylation is 1. The van der Waals surface area contributed by atoms with Crippen LogP contribution >= 0.6 is 0 Å². The highest BCUT2D eigenvalue weighted by atomic mass is 15.5. The Morgan fingerprint density at radius 2 is 1.79 bits per heavy atom. The van der Waals surface area contributed by atoms with E-state index in [9.17, 15) is 0 Å². The zero-order chi connectivity index (χ0) is 10.4. The smallest absolute Gasteiger partial charge is 0.0355 e. The lowest BCUT2D eigenvalue weighted by Gasteiger charge is -2.14. The molecule has 0 aromatic heterocycles. The van der Waals surface area contributed by atoms with Gasteiger partial charge in [-0.05, 0) is 17.5 Å². The Kier molecular flexibility index (Phi) is 4.63. The summed E-state index contributed by atoms with van der Waals surface area (Å²) in [5.41, 5.74) is 6.16. The van der Waals surface area contributed by atoms with Crippen LogP contribution in [0.15, 0.2) is 24.3 Å². The molecule has 14 heavy (non-hydrogen) atoms. The van der Waals surface area contributed by atoms with E-state index in [2.05, 4.69) is 36.6 Å². The third-order valence-corrected chi connectivity index (χ3v) is 2.22. The minimum atomic E-state index is 0.920. The number of hydrazine groups is 1. The highest BCUT2D eigenvalue weighted by molar-refractivity contribution is 5.26. The summed E-state index contributed by atoms with van der Waals surface area (Å²) < 4.78 is 0. The van der Waals surface area contributed by atoms with Gasteiger partial charge in [-0.25, -0.2) is 0 Å². The molecule has 1 aromatic rings. The molecule has 0 aliphatic rings. The molecule has 1 N–H and O–H groups in total. The van der Waals surface area contributed by atoms with E-state index >= 15 is 0 Å². The second-order valence-electron chi connectivity index (χ2n) is 3.75. The van der Waals surface area contributed by atoms with Gasteiger partial charge >= 0.3 is 0 Å². The fourth-order valence-electron chi connectivity index (χ4n) is 1.49. The number of hydrogen-bond donors (Lipinski definition) is 1. The Bertz CT molecular complexity index is 269. The molecule has 0 aliphatic carbocycles. The molecule has 1 aromatic carbocycles. The van der Waals surface area contributed by atoms with Crippen LogP contribution in [0.2, 0.25) is 0 Å². The number of hydrogen-bond acceptors (Lipinski definition) is 2. The Balaban J connectivity index is 2.64. The number of rotatable bonds is 5. The summed E-state index contributed by atoms with van der Waals surface area (Å²) in [5, 5.41) is 1.99. The van der Waals surface area contributed by atoms with Crippen molar-refractivity contribution in [3.05, 3.63) is 35.4 Å². The van der Waals surface area contributed by atoms with Crippen LogP contribution in [0.3, 0.4) is 0 Å². The maximum atomic E-state index is 3.29. The van der Waals surface area contributed by atoms with Crippen LogP contribution in [-0.2, 0) is 13.0 Å². The first kappa shape index (κ1) is 11.2. The molecule has 0 fully saturated rings. The summed E-state index contributed by atoms with van der Waals surface area (Å²) in [7, 11) is 4.03. The first-order chi connectivity index (χ1) is 6.74. The molecule has 2 nitrogen and oxygen atoms in total. The van der Waals surface area contributed by atoms with E-state index in [0.717, 1.165) is 6.54 Å². The molecule has 0 atom stereocenters. The molecule has 78 valence electrons. The molecule has 0 saturated heterocycles. The number of nitrogens with one attached hydrogen (secondary N) is 1. The van der Waals surface area contributed by atoms with Gasteiger partial charge in [-0.2, -0.15) is 0 Å². The van der Waals surface area contributed by atoms with E-state index in [-0.39, 0.29) is 0 Å². The van der Waals surface area contributed by atoms with Gasteiger partial charge in [-0.15, -0.1) is 0 Å². The van der Waals surface area contributed by atoms with Gasteiger partial charge in [0.05, 0.1) is 0 Å². The molecular weight excluding hydrogens is 172 g/mol. The lowest BCUT2D eigenvalue weighted by Crippen LogP contribution is -2.29. The molecule has 0 amide bonds. The van der Waals surface area contributed by atoms with Crippen LogP contribution in [0.4, 0.5) is 0 Å². The fraction of sp³-hybridized carbons (Fsp3) is 0.500. The molecule has 0 aliphatic heterocycles. The lowest BCUT2D eigenvalue weighted by atomic mass is 10.0. The minimum Gasteiger partial charge on any atom is -0.251 e. The predicted molar refractivity (Wildman–Crippen MR) is 61.0 cm³/mol. The van der Waals surface area contributed by atoms with E-state index < -0.39 is 0 Å². The van der Waals surface area contributed by atoms with Gasteiger partial charge in [0, 0.05) is 20.6 Å². The van der Waals surface area contributed by atoms with Crippen molar-refractivity contribution in [1.29, 1.82) is 0 Å². The van der Waals surface area contributed by atoms with Gasteiger partial charge in [0.25, 0.3) is 0 Å². The van der Waals surface area contributed by atoms with Crippen LogP contribution < -0.4 is 5.43 Å². The summed E-state index contributed by atoms with van der Waals surface area (Å²) >= 11 is 0. The Hall–Kier alpha value is -0.860. The molecule has 2 heteroatoms. The minimum absolute atomic E-state index is 0.920. The monoisotopic (exact) mass is 192 g/mol. The first-order valence-corrected chi connectivity index (χ1v) is 5.21. The second-order valence-corrected chi connectivity index (χ2v) is 3.75. The summed E-state index contributed by atoms with van der Waals surface area (Å²) in [5.74, 6) is 0. The van der Waals surface area contributed by atoms with E-state index in [0.29, 0.717) is 0 Å². The summed E-state index contributed by atoms with van der Waals surface area (Å²) in [6, 6.07) is 8.63. The Labute approximate surface area is 86.9 Å². The molecule has 1 rings (SSSR count). The normalized spacial score (nSPS) is 10.9. The highest BCUT2D eigenvalue weighted by Gasteiger charge is 2.00. The van der Waals surface area contributed by atoms with Crippen LogP contribution in [0.25, 0.3) is 0 Å². The molecule has 0 unspecified atom stereocenters. The summed E-state index contributed by atoms with van der Waals surface area (Å²) in [6.07, 6.45) is 2.38. The average Bonchev–Trinajstić information content (AvgIpc) is 2.17. The summed E-state index contributed by atoms with van der Waals surface area (Å²) in [4.78, 5) is 0. The number of nitrogens with zero attached hydrogens (tertiary/aromatic N) is 1. The van der Waals surface area contributed by atoms with Gasteiger partial charge in [-0.1, -0.05) is 37.6 Å². The predicted octanol–water partition coefficient (Wildman–Crippen LogP) is 2.21. The third kappa shape index (κ3) is 3.48. The number of benzene rings is 1. The Morgan fingerprint density at radius 1 is 1.14 bits per heavy atom. The molecule has 0 heterocycles.